The Labute approximate surface area is 228 Å². The van der Waals surface area contributed by atoms with Gasteiger partial charge in [-0.1, -0.05) is 36.4 Å². The molecule has 4 aromatic rings. The van der Waals surface area contributed by atoms with E-state index in [1.165, 1.54) is 24.3 Å². The molecule has 2 heterocycles. The molecule has 208 valence electrons. The summed E-state index contributed by atoms with van der Waals surface area (Å²) in [5, 5.41) is 13.1. The van der Waals surface area contributed by atoms with Crippen LogP contribution in [-0.2, 0) is 14.6 Å². The molecule has 1 atom stereocenters. The Kier molecular flexibility index (Phi) is 7.39. The summed E-state index contributed by atoms with van der Waals surface area (Å²) in [6.07, 6.45) is 2.20. The van der Waals surface area contributed by atoms with E-state index in [-0.39, 0.29) is 27.7 Å². The smallest absolute Gasteiger partial charge is 0.337 e. The van der Waals surface area contributed by atoms with Crippen molar-refractivity contribution in [3.63, 3.8) is 0 Å². The highest BCUT2D eigenvalue weighted by atomic mass is 32.2. The van der Waals surface area contributed by atoms with Crippen LogP contribution in [0.15, 0.2) is 81.3 Å². The van der Waals surface area contributed by atoms with Crippen molar-refractivity contribution < 1.29 is 22.7 Å². The van der Waals surface area contributed by atoms with Crippen LogP contribution in [0.2, 0.25) is 0 Å². The van der Waals surface area contributed by atoms with E-state index in [0.29, 0.717) is 31.2 Å². The number of aliphatic hydroxyl groups excluding tert-OH is 1. The first-order chi connectivity index (χ1) is 19.0. The second-order valence-corrected chi connectivity index (χ2v) is 11.9. The molecule has 0 spiro atoms. The third-order valence-corrected chi connectivity index (χ3v) is 8.28. The highest BCUT2D eigenvalue weighted by Crippen LogP contribution is 2.28. The molecule has 5 rings (SSSR count). The largest absolute Gasteiger partial charge is 0.378 e. The molecule has 40 heavy (non-hydrogen) atoms. The summed E-state index contributed by atoms with van der Waals surface area (Å²) >= 11 is 0. The van der Waals surface area contributed by atoms with Crippen LogP contribution < -0.4 is 16.6 Å². The molecular formula is C28H27FN4O6S. The number of rotatable bonds is 6. The van der Waals surface area contributed by atoms with E-state index in [1.54, 1.807) is 30.3 Å². The number of halogens is 1. The zero-order valence-corrected chi connectivity index (χ0v) is 22.3. The van der Waals surface area contributed by atoms with Gasteiger partial charge in [0.25, 0.3) is 11.5 Å². The van der Waals surface area contributed by atoms with Gasteiger partial charge in [-0.3, -0.25) is 14.2 Å². The molecule has 12 heteroatoms. The molecule has 2 N–H and O–H groups in total. The van der Waals surface area contributed by atoms with E-state index >= 15 is 0 Å². The fourth-order valence-corrected chi connectivity index (χ4v) is 5.80. The van der Waals surface area contributed by atoms with Crippen LogP contribution in [0.3, 0.4) is 0 Å². The number of carbonyl (C=O) groups excluding carboxylic acids is 1. The lowest BCUT2D eigenvalue weighted by atomic mass is 9.90. The van der Waals surface area contributed by atoms with Crippen LogP contribution >= 0.6 is 0 Å². The van der Waals surface area contributed by atoms with Gasteiger partial charge in [0.2, 0.25) is 0 Å². The number of fused-ring (bicyclic) bond motifs is 1. The van der Waals surface area contributed by atoms with Gasteiger partial charge in [0.15, 0.2) is 21.6 Å². The van der Waals surface area contributed by atoms with Crippen LogP contribution in [0.4, 0.5) is 4.39 Å². The van der Waals surface area contributed by atoms with E-state index < -0.39 is 45.0 Å². The minimum Gasteiger partial charge on any atom is -0.378 e. The van der Waals surface area contributed by atoms with Crippen LogP contribution in [0, 0.1) is 5.82 Å². The van der Waals surface area contributed by atoms with E-state index in [1.807, 2.05) is 0 Å². The number of sulfone groups is 1. The number of aromatic nitrogens is 3. The number of carbonyl (C=O) groups is 1. The van der Waals surface area contributed by atoms with E-state index in [9.17, 15) is 32.3 Å². The number of nitrogens with one attached hydrogen (secondary N) is 1. The Bertz CT molecular complexity index is 1810. The van der Waals surface area contributed by atoms with Crippen LogP contribution in [0.5, 0.6) is 0 Å². The molecular weight excluding hydrogens is 539 g/mol. The Morgan fingerprint density at radius 2 is 1.75 bits per heavy atom. The number of amides is 1. The Balaban J connectivity index is 1.47. The zero-order valence-electron chi connectivity index (χ0n) is 21.5. The average molecular weight is 567 g/mol. The fraction of sp³-hybridized carbons (Fsp3) is 0.286. The standard InChI is InChI=1S/C28H27FN4O6S/c1-40(38,39)22-9-5-8-21(15-22)32-25-23(14-18(29)16-30-25)27(36)33(28(32)37)20-12-10-19(11-13-20)31-26(35)24(34)17-6-3-2-4-7-17/h2-9,14-16,19-20,24,34H,10-13H2,1H3,(H,31,35)/t19?,20?,24-/m0/s1. The van der Waals surface area contributed by atoms with Crippen LogP contribution in [-0.4, -0.2) is 45.8 Å². The van der Waals surface area contributed by atoms with Crippen LogP contribution in [0.25, 0.3) is 16.7 Å². The summed E-state index contributed by atoms with van der Waals surface area (Å²) in [5.41, 5.74) is -0.878. The summed E-state index contributed by atoms with van der Waals surface area (Å²) in [4.78, 5) is 43.8. The Morgan fingerprint density at radius 1 is 1.05 bits per heavy atom. The van der Waals surface area contributed by atoms with Crippen molar-refractivity contribution in [1.82, 2.24) is 19.4 Å². The molecule has 10 nitrogen and oxygen atoms in total. The van der Waals surface area contributed by atoms with Gasteiger partial charge in [-0.25, -0.2) is 27.2 Å². The fourth-order valence-electron chi connectivity index (χ4n) is 5.14. The van der Waals surface area contributed by atoms with Crippen LogP contribution in [0.1, 0.15) is 43.4 Å². The topological polar surface area (TPSA) is 140 Å². The first-order valence-corrected chi connectivity index (χ1v) is 14.6. The predicted octanol–water partition coefficient (Wildman–Crippen LogP) is 2.42. The summed E-state index contributed by atoms with van der Waals surface area (Å²) in [6, 6.07) is 14.4. The summed E-state index contributed by atoms with van der Waals surface area (Å²) in [5.74, 6) is -1.29. The number of benzene rings is 2. The molecule has 1 saturated carbocycles. The molecule has 1 aliphatic carbocycles. The number of pyridine rings is 1. The molecule has 0 bridgehead atoms. The quantitative estimate of drug-likeness (QED) is 0.365. The number of hydrogen-bond donors (Lipinski definition) is 2. The Morgan fingerprint density at radius 3 is 2.42 bits per heavy atom. The summed E-state index contributed by atoms with van der Waals surface area (Å²) in [6.45, 7) is 0. The molecule has 1 aliphatic rings. The molecule has 0 radical (unpaired) electrons. The Hall–Kier alpha value is -4.16. The van der Waals surface area contributed by atoms with Gasteiger partial charge in [-0.2, -0.15) is 0 Å². The first kappa shape index (κ1) is 27.4. The molecule has 2 aromatic carbocycles. The highest BCUT2D eigenvalue weighted by Gasteiger charge is 2.29. The van der Waals surface area contributed by atoms with Crippen molar-refractivity contribution in [2.75, 3.05) is 6.26 Å². The molecule has 1 amide bonds. The van der Waals surface area contributed by atoms with Crippen molar-refractivity contribution in [1.29, 1.82) is 0 Å². The number of hydrogen-bond acceptors (Lipinski definition) is 7. The van der Waals surface area contributed by atoms with Gasteiger partial charge >= 0.3 is 5.69 Å². The second-order valence-electron chi connectivity index (χ2n) is 9.91. The minimum atomic E-state index is -3.60. The van der Waals surface area contributed by atoms with Crippen molar-refractivity contribution in [3.8, 4) is 5.69 Å². The highest BCUT2D eigenvalue weighted by molar-refractivity contribution is 7.90. The monoisotopic (exact) mass is 566 g/mol. The molecule has 0 unspecified atom stereocenters. The molecule has 2 aromatic heterocycles. The summed E-state index contributed by atoms with van der Waals surface area (Å²) < 4.78 is 40.7. The van der Waals surface area contributed by atoms with Gasteiger partial charge in [-0.15, -0.1) is 0 Å². The average Bonchev–Trinajstić information content (AvgIpc) is 2.94. The maximum atomic E-state index is 14.2. The number of nitrogens with zero attached hydrogens (tertiary/aromatic N) is 3. The van der Waals surface area contributed by atoms with Gasteiger partial charge in [0.05, 0.1) is 22.2 Å². The zero-order chi connectivity index (χ0) is 28.6. The lowest BCUT2D eigenvalue weighted by Crippen LogP contribution is -2.45. The molecule has 0 saturated heterocycles. The SMILES string of the molecule is CS(=O)(=O)c1cccc(-n2c(=O)n(C3CCC(NC(=O)[C@@H](O)c4ccccc4)CC3)c(=O)c3cc(F)cnc32)c1. The summed E-state index contributed by atoms with van der Waals surface area (Å²) in [7, 11) is -3.60. The minimum absolute atomic E-state index is 0.0288. The van der Waals surface area contributed by atoms with Crippen molar-refractivity contribution in [2.24, 2.45) is 0 Å². The van der Waals surface area contributed by atoms with Crippen molar-refractivity contribution in [3.05, 3.63) is 99.1 Å². The maximum absolute atomic E-state index is 14.2. The molecule has 0 aliphatic heterocycles. The second kappa shape index (κ2) is 10.8. The normalized spacial score (nSPS) is 18.4. The lowest BCUT2D eigenvalue weighted by Gasteiger charge is -2.31. The van der Waals surface area contributed by atoms with Gasteiger partial charge in [-0.05, 0) is 55.5 Å². The van der Waals surface area contributed by atoms with E-state index in [4.69, 9.17) is 0 Å². The maximum Gasteiger partial charge on any atom is 0.337 e. The van der Waals surface area contributed by atoms with Gasteiger partial charge in [0.1, 0.15) is 5.82 Å². The van der Waals surface area contributed by atoms with E-state index in [0.717, 1.165) is 27.7 Å². The lowest BCUT2D eigenvalue weighted by molar-refractivity contribution is -0.130. The third kappa shape index (κ3) is 5.32. The van der Waals surface area contributed by atoms with Gasteiger partial charge < -0.3 is 10.4 Å². The first-order valence-electron chi connectivity index (χ1n) is 12.7. The van der Waals surface area contributed by atoms with Crippen molar-refractivity contribution >= 4 is 26.8 Å². The van der Waals surface area contributed by atoms with Gasteiger partial charge in [0, 0.05) is 18.3 Å². The molecule has 1 fully saturated rings. The number of aliphatic hydroxyl groups is 1. The van der Waals surface area contributed by atoms with E-state index in [2.05, 4.69) is 10.3 Å². The third-order valence-electron chi connectivity index (χ3n) is 7.17. The predicted molar refractivity (Wildman–Crippen MR) is 146 cm³/mol. The van der Waals surface area contributed by atoms with Crippen molar-refractivity contribution in [2.45, 2.75) is 48.8 Å².